The lowest BCUT2D eigenvalue weighted by atomic mass is 9.87. The minimum Gasteiger partial charge on any atom is -0.396 e. The Morgan fingerprint density at radius 2 is 1.70 bits per heavy atom. The SMILES string of the molecule is Cc1ccc(S(=O)(=O)N(C)C2CCC(CO)CC2)cc1. The molecule has 5 heteroatoms. The van der Waals surface area contributed by atoms with Gasteiger partial charge in [-0.05, 0) is 50.7 Å². The van der Waals surface area contributed by atoms with Gasteiger partial charge in [-0.15, -0.1) is 0 Å². The summed E-state index contributed by atoms with van der Waals surface area (Å²) in [6.45, 7) is 2.15. The lowest BCUT2D eigenvalue weighted by Gasteiger charge is -2.33. The normalized spacial score (nSPS) is 24.0. The molecule has 0 aliphatic heterocycles. The van der Waals surface area contributed by atoms with E-state index in [1.54, 1.807) is 19.2 Å². The van der Waals surface area contributed by atoms with Gasteiger partial charge in [0, 0.05) is 19.7 Å². The van der Waals surface area contributed by atoms with Crippen LogP contribution in [0.5, 0.6) is 0 Å². The molecule has 1 aromatic carbocycles. The first-order valence-electron chi connectivity index (χ1n) is 7.10. The monoisotopic (exact) mass is 297 g/mol. The van der Waals surface area contributed by atoms with E-state index in [1.807, 2.05) is 19.1 Å². The Balaban J connectivity index is 2.11. The summed E-state index contributed by atoms with van der Waals surface area (Å²) in [5.41, 5.74) is 1.05. The predicted molar refractivity (Wildman–Crippen MR) is 79.0 cm³/mol. The second kappa shape index (κ2) is 6.24. The molecule has 0 atom stereocenters. The number of nitrogens with zero attached hydrogens (tertiary/aromatic N) is 1. The average molecular weight is 297 g/mol. The van der Waals surface area contributed by atoms with Crippen LogP contribution >= 0.6 is 0 Å². The van der Waals surface area contributed by atoms with Gasteiger partial charge in [0.1, 0.15) is 0 Å². The Labute approximate surface area is 121 Å². The van der Waals surface area contributed by atoms with Crippen molar-refractivity contribution in [2.24, 2.45) is 5.92 Å². The second-order valence-electron chi connectivity index (χ2n) is 5.69. The van der Waals surface area contributed by atoms with Crippen LogP contribution in [0.4, 0.5) is 0 Å². The third-order valence-corrected chi connectivity index (χ3v) is 6.21. The van der Waals surface area contributed by atoms with Crippen molar-refractivity contribution in [3.05, 3.63) is 29.8 Å². The molecule has 1 N–H and O–H groups in total. The summed E-state index contributed by atoms with van der Waals surface area (Å²) in [7, 11) is -1.74. The van der Waals surface area contributed by atoms with Crippen LogP contribution in [0.2, 0.25) is 0 Å². The van der Waals surface area contributed by atoms with Gasteiger partial charge in [-0.2, -0.15) is 4.31 Å². The van der Waals surface area contributed by atoms with Gasteiger partial charge in [0.15, 0.2) is 0 Å². The Kier molecular flexibility index (Phi) is 4.83. The van der Waals surface area contributed by atoms with Crippen LogP contribution in [-0.2, 0) is 10.0 Å². The molecule has 0 radical (unpaired) electrons. The lowest BCUT2D eigenvalue weighted by molar-refractivity contribution is 0.159. The number of aliphatic hydroxyl groups is 1. The van der Waals surface area contributed by atoms with E-state index in [0.717, 1.165) is 31.2 Å². The van der Waals surface area contributed by atoms with Gasteiger partial charge < -0.3 is 5.11 Å². The first kappa shape index (κ1) is 15.5. The van der Waals surface area contributed by atoms with E-state index in [4.69, 9.17) is 5.11 Å². The molecule has 112 valence electrons. The van der Waals surface area contributed by atoms with E-state index < -0.39 is 10.0 Å². The van der Waals surface area contributed by atoms with Crippen molar-refractivity contribution >= 4 is 10.0 Å². The zero-order valence-corrected chi connectivity index (χ0v) is 12.9. The molecule has 1 aliphatic carbocycles. The highest BCUT2D eigenvalue weighted by Crippen LogP contribution is 2.29. The summed E-state index contributed by atoms with van der Waals surface area (Å²) >= 11 is 0. The van der Waals surface area contributed by atoms with Crippen LogP contribution in [0, 0.1) is 12.8 Å². The van der Waals surface area contributed by atoms with Gasteiger partial charge in [-0.3, -0.25) is 0 Å². The highest BCUT2D eigenvalue weighted by atomic mass is 32.2. The molecule has 0 spiro atoms. The molecule has 20 heavy (non-hydrogen) atoms. The van der Waals surface area contributed by atoms with Crippen LogP contribution in [0.15, 0.2) is 29.2 Å². The third kappa shape index (κ3) is 3.22. The molecule has 0 unspecified atom stereocenters. The van der Waals surface area contributed by atoms with Crippen molar-refractivity contribution in [3.63, 3.8) is 0 Å². The van der Waals surface area contributed by atoms with Gasteiger partial charge in [-0.1, -0.05) is 17.7 Å². The van der Waals surface area contributed by atoms with Crippen molar-refractivity contribution in [1.29, 1.82) is 0 Å². The molecule has 0 amide bonds. The quantitative estimate of drug-likeness (QED) is 0.926. The fourth-order valence-electron chi connectivity index (χ4n) is 2.76. The Morgan fingerprint density at radius 1 is 1.15 bits per heavy atom. The number of hydrogen-bond donors (Lipinski definition) is 1. The zero-order valence-electron chi connectivity index (χ0n) is 12.1. The number of sulfonamides is 1. The van der Waals surface area contributed by atoms with Crippen LogP contribution in [0.1, 0.15) is 31.2 Å². The number of benzene rings is 1. The van der Waals surface area contributed by atoms with Crippen molar-refractivity contribution in [3.8, 4) is 0 Å². The molecular weight excluding hydrogens is 274 g/mol. The van der Waals surface area contributed by atoms with Crippen LogP contribution in [-0.4, -0.2) is 37.5 Å². The van der Waals surface area contributed by atoms with Crippen molar-refractivity contribution < 1.29 is 13.5 Å². The van der Waals surface area contributed by atoms with E-state index in [9.17, 15) is 8.42 Å². The summed E-state index contributed by atoms with van der Waals surface area (Å²) in [4.78, 5) is 0.356. The van der Waals surface area contributed by atoms with Crippen molar-refractivity contribution in [1.82, 2.24) is 4.31 Å². The van der Waals surface area contributed by atoms with Gasteiger partial charge in [0.2, 0.25) is 10.0 Å². The number of aliphatic hydroxyl groups excluding tert-OH is 1. The predicted octanol–water partition coefficient (Wildman–Crippen LogP) is 2.17. The number of aryl methyl sites for hydroxylation is 1. The van der Waals surface area contributed by atoms with Crippen molar-refractivity contribution in [2.75, 3.05) is 13.7 Å². The lowest BCUT2D eigenvalue weighted by Crippen LogP contribution is -2.39. The first-order chi connectivity index (χ1) is 9.45. The summed E-state index contributed by atoms with van der Waals surface area (Å²) in [6, 6.07) is 7.03. The van der Waals surface area contributed by atoms with Crippen LogP contribution < -0.4 is 0 Å². The van der Waals surface area contributed by atoms with Crippen molar-refractivity contribution in [2.45, 2.75) is 43.5 Å². The summed E-state index contributed by atoms with van der Waals surface area (Å²) < 4.78 is 26.6. The maximum absolute atomic E-state index is 12.6. The van der Waals surface area contributed by atoms with E-state index in [0.29, 0.717) is 10.8 Å². The highest BCUT2D eigenvalue weighted by molar-refractivity contribution is 7.89. The zero-order chi connectivity index (χ0) is 14.8. The Morgan fingerprint density at radius 3 is 2.20 bits per heavy atom. The van der Waals surface area contributed by atoms with Gasteiger partial charge in [0.05, 0.1) is 4.90 Å². The third-order valence-electron chi connectivity index (χ3n) is 4.29. The first-order valence-corrected chi connectivity index (χ1v) is 8.54. The average Bonchev–Trinajstić information content (AvgIpc) is 2.47. The second-order valence-corrected chi connectivity index (χ2v) is 7.69. The van der Waals surface area contributed by atoms with Gasteiger partial charge >= 0.3 is 0 Å². The van der Waals surface area contributed by atoms with E-state index >= 15 is 0 Å². The van der Waals surface area contributed by atoms with Gasteiger partial charge in [0.25, 0.3) is 0 Å². The molecule has 0 saturated heterocycles. The topological polar surface area (TPSA) is 57.6 Å². The molecule has 0 bridgehead atoms. The Bertz CT molecular complexity index is 531. The fourth-order valence-corrected chi connectivity index (χ4v) is 4.18. The smallest absolute Gasteiger partial charge is 0.243 e. The highest BCUT2D eigenvalue weighted by Gasteiger charge is 2.31. The molecule has 4 nitrogen and oxygen atoms in total. The molecule has 1 fully saturated rings. The fraction of sp³-hybridized carbons (Fsp3) is 0.600. The molecule has 1 aliphatic rings. The van der Waals surface area contributed by atoms with E-state index in [1.165, 1.54) is 4.31 Å². The standard InChI is InChI=1S/C15H23NO3S/c1-12-3-9-15(10-4-12)20(18,19)16(2)14-7-5-13(11-17)6-8-14/h3-4,9-10,13-14,17H,5-8,11H2,1-2H3. The molecular formula is C15H23NO3S. The maximum Gasteiger partial charge on any atom is 0.243 e. The number of rotatable bonds is 4. The maximum atomic E-state index is 12.6. The minimum absolute atomic E-state index is 0.0455. The molecule has 0 aromatic heterocycles. The molecule has 0 heterocycles. The Hall–Kier alpha value is -0.910. The number of hydrogen-bond acceptors (Lipinski definition) is 3. The van der Waals surface area contributed by atoms with Gasteiger partial charge in [-0.25, -0.2) is 8.42 Å². The summed E-state index contributed by atoms with van der Waals surface area (Å²) in [5.74, 6) is 0.335. The molecule has 2 rings (SSSR count). The van der Waals surface area contributed by atoms with Crippen LogP contribution in [0.3, 0.4) is 0 Å². The minimum atomic E-state index is -3.41. The van der Waals surface area contributed by atoms with E-state index in [-0.39, 0.29) is 12.6 Å². The molecule has 1 aromatic rings. The summed E-state index contributed by atoms with van der Waals surface area (Å²) in [5, 5.41) is 9.15. The van der Waals surface area contributed by atoms with E-state index in [2.05, 4.69) is 0 Å². The summed E-state index contributed by atoms with van der Waals surface area (Å²) in [6.07, 6.45) is 3.45. The molecule has 1 saturated carbocycles. The largest absolute Gasteiger partial charge is 0.396 e. The van der Waals surface area contributed by atoms with Crippen LogP contribution in [0.25, 0.3) is 0 Å².